The first-order valence-corrected chi connectivity index (χ1v) is 9.12. The Labute approximate surface area is 178 Å². The summed E-state index contributed by atoms with van der Waals surface area (Å²) < 4.78 is 2.39. The molecule has 2 nitrogen and oxygen atoms in total. The summed E-state index contributed by atoms with van der Waals surface area (Å²) in [7, 11) is 0. The van der Waals surface area contributed by atoms with E-state index < -0.39 is 0 Å². The maximum atomic E-state index is 3.99. The third-order valence-electron chi connectivity index (χ3n) is 4.90. The lowest BCUT2D eigenvalue weighted by Gasteiger charge is -2.19. The van der Waals surface area contributed by atoms with Gasteiger partial charge in [0, 0.05) is 28.9 Å². The largest absolute Gasteiger partial charge is 1.00 e. The average Bonchev–Trinajstić information content (AvgIpc) is 2.71. The quantitative estimate of drug-likeness (QED) is 0.355. The zero-order chi connectivity index (χ0) is 17.9. The van der Waals surface area contributed by atoms with Crippen molar-refractivity contribution in [2.24, 2.45) is 0 Å². The molecule has 0 amide bonds. The fourth-order valence-corrected chi connectivity index (χ4v) is 3.66. The first-order valence-electron chi connectivity index (χ1n) is 9.12. The van der Waals surface area contributed by atoms with Crippen LogP contribution in [0.4, 0.5) is 5.69 Å². The monoisotopic (exact) mass is 466 g/mol. The molecule has 0 spiro atoms. The average molecular weight is 466 g/mol. The van der Waals surface area contributed by atoms with Crippen LogP contribution in [0.1, 0.15) is 24.6 Å². The third kappa shape index (κ3) is 3.69. The normalized spacial score (nSPS) is 14.1. The molecule has 136 valence electrons. The smallest absolute Gasteiger partial charge is 0.212 e. The van der Waals surface area contributed by atoms with E-state index >= 15 is 0 Å². The predicted octanol–water partition coefficient (Wildman–Crippen LogP) is 2.58. The number of para-hydroxylation sites is 2. The highest BCUT2D eigenvalue weighted by atomic mass is 127. The molecule has 3 aromatic rings. The Balaban J connectivity index is 0.00000210. The molecule has 1 aliphatic heterocycles. The van der Waals surface area contributed by atoms with Crippen molar-refractivity contribution >= 4 is 28.2 Å². The van der Waals surface area contributed by atoms with Crippen LogP contribution in [0.3, 0.4) is 0 Å². The van der Waals surface area contributed by atoms with Crippen LogP contribution in [-0.2, 0) is 6.54 Å². The van der Waals surface area contributed by atoms with E-state index in [9.17, 15) is 0 Å². The van der Waals surface area contributed by atoms with Gasteiger partial charge in [-0.05, 0) is 43.2 Å². The summed E-state index contributed by atoms with van der Waals surface area (Å²) in [5.41, 5.74) is 7.26. The van der Waals surface area contributed by atoms with Gasteiger partial charge >= 0.3 is 0 Å². The topological polar surface area (TPSA) is 15.9 Å². The van der Waals surface area contributed by atoms with Crippen LogP contribution < -0.4 is 33.9 Å². The lowest BCUT2D eigenvalue weighted by Crippen LogP contribution is -3.00. The summed E-state index contributed by atoms with van der Waals surface area (Å²) in [4.78, 5) is 0. The Morgan fingerprint density at radius 2 is 1.78 bits per heavy atom. The molecule has 4 rings (SSSR count). The maximum absolute atomic E-state index is 3.99. The molecular formula is C24H23IN2. The van der Waals surface area contributed by atoms with E-state index in [0.29, 0.717) is 0 Å². The molecule has 27 heavy (non-hydrogen) atoms. The van der Waals surface area contributed by atoms with Gasteiger partial charge in [-0.1, -0.05) is 42.5 Å². The van der Waals surface area contributed by atoms with Crippen molar-refractivity contribution < 1.29 is 28.5 Å². The molecule has 0 saturated carbocycles. The van der Waals surface area contributed by atoms with Gasteiger partial charge in [0.15, 0.2) is 0 Å². The van der Waals surface area contributed by atoms with E-state index in [-0.39, 0.29) is 24.0 Å². The number of benzene rings is 2. The molecule has 0 fully saturated rings. The lowest BCUT2D eigenvalue weighted by molar-refractivity contribution is -0.670. The van der Waals surface area contributed by atoms with E-state index in [4.69, 9.17) is 0 Å². The first-order chi connectivity index (χ1) is 12.8. The van der Waals surface area contributed by atoms with E-state index in [1.54, 1.807) is 0 Å². The maximum Gasteiger partial charge on any atom is 0.212 e. The van der Waals surface area contributed by atoms with Crippen LogP contribution in [0.15, 0.2) is 85.1 Å². The first kappa shape index (κ1) is 19.4. The van der Waals surface area contributed by atoms with Crippen molar-refractivity contribution in [2.45, 2.75) is 19.9 Å². The highest BCUT2D eigenvalue weighted by Gasteiger charge is 2.21. The number of hydrogen-bond acceptors (Lipinski definition) is 1. The lowest BCUT2D eigenvalue weighted by atomic mass is 9.99. The summed E-state index contributed by atoms with van der Waals surface area (Å²) in [5.74, 6) is 0. The van der Waals surface area contributed by atoms with Crippen LogP contribution in [0.25, 0.3) is 22.6 Å². The Morgan fingerprint density at radius 3 is 2.59 bits per heavy atom. The highest BCUT2D eigenvalue weighted by Crippen LogP contribution is 2.30. The van der Waals surface area contributed by atoms with Crippen molar-refractivity contribution in [3.63, 3.8) is 0 Å². The Bertz CT molecular complexity index is 1050. The fourth-order valence-electron chi connectivity index (χ4n) is 3.66. The summed E-state index contributed by atoms with van der Waals surface area (Å²) in [6, 6.07) is 21.4. The van der Waals surface area contributed by atoms with Crippen molar-refractivity contribution in [1.29, 1.82) is 0 Å². The van der Waals surface area contributed by atoms with Gasteiger partial charge in [0.2, 0.25) is 11.2 Å². The van der Waals surface area contributed by atoms with Gasteiger partial charge in [0.25, 0.3) is 0 Å². The number of hydrogen-bond donors (Lipinski definition) is 1. The van der Waals surface area contributed by atoms with Gasteiger partial charge in [-0.3, -0.25) is 0 Å². The molecule has 3 heteroatoms. The van der Waals surface area contributed by atoms with Crippen LogP contribution in [-0.4, -0.2) is 0 Å². The molecule has 0 radical (unpaired) electrons. The van der Waals surface area contributed by atoms with E-state index in [1.807, 2.05) is 6.08 Å². The number of rotatable bonds is 4. The fraction of sp³-hybridized carbons (Fsp3) is 0.125. The van der Waals surface area contributed by atoms with Gasteiger partial charge in [-0.15, -0.1) is 6.58 Å². The summed E-state index contributed by atoms with van der Waals surface area (Å²) in [6.07, 6.45) is 7.15. The van der Waals surface area contributed by atoms with Gasteiger partial charge in [-0.25, -0.2) is 0 Å². The number of pyridine rings is 1. The number of nitrogens with one attached hydrogen (secondary N) is 1. The molecule has 0 unspecified atom stereocenters. The second-order valence-corrected chi connectivity index (χ2v) is 6.45. The van der Waals surface area contributed by atoms with Crippen molar-refractivity contribution in [3.8, 4) is 0 Å². The Morgan fingerprint density at radius 1 is 1.00 bits per heavy atom. The van der Waals surface area contributed by atoms with Gasteiger partial charge in [-0.2, -0.15) is 4.57 Å². The number of anilines is 1. The standard InChI is InChI=1S/C24H22N2.HI/c1-3-9-20(22-16-14-18-10-5-7-12-21(18)25-22)24-17-15-19-11-6-8-13-23(19)26(24)4-2;/h3,5-8,10-17H,1,4,9H2,2H3;1H. The molecule has 1 N–H and O–H groups in total. The van der Waals surface area contributed by atoms with E-state index in [1.165, 1.54) is 27.7 Å². The summed E-state index contributed by atoms with van der Waals surface area (Å²) in [6.45, 7) is 7.11. The second-order valence-electron chi connectivity index (χ2n) is 6.45. The number of allylic oxidation sites excluding steroid dienone is 3. The molecule has 1 aromatic heterocycles. The summed E-state index contributed by atoms with van der Waals surface area (Å²) >= 11 is 0. The zero-order valence-electron chi connectivity index (χ0n) is 15.5. The number of aryl methyl sites for hydroxylation is 1. The molecule has 2 aromatic carbocycles. The van der Waals surface area contributed by atoms with Crippen LogP contribution in [0.2, 0.25) is 0 Å². The molecule has 1 aliphatic rings. The second kappa shape index (κ2) is 8.53. The van der Waals surface area contributed by atoms with E-state index in [0.717, 1.165) is 24.4 Å². The van der Waals surface area contributed by atoms with E-state index in [2.05, 4.69) is 96.2 Å². The minimum atomic E-state index is 0. The van der Waals surface area contributed by atoms with Gasteiger partial charge in [0.1, 0.15) is 6.54 Å². The molecule has 0 saturated heterocycles. The number of nitrogens with zero attached hydrogens (tertiary/aromatic N) is 1. The number of halogens is 1. The predicted molar refractivity (Wildman–Crippen MR) is 111 cm³/mol. The Hall–Kier alpha value is -2.40. The molecule has 0 bridgehead atoms. The Kier molecular flexibility index (Phi) is 6.11. The number of aromatic nitrogens is 1. The van der Waals surface area contributed by atoms with Crippen LogP contribution in [0, 0.1) is 0 Å². The molecule has 2 heterocycles. The molecule has 0 aliphatic carbocycles. The van der Waals surface area contributed by atoms with Crippen LogP contribution >= 0.6 is 0 Å². The summed E-state index contributed by atoms with van der Waals surface area (Å²) in [5, 5.41) is 4.87. The molecular weight excluding hydrogens is 443 g/mol. The SMILES string of the molecule is C=CCC(=C1C=Cc2ccccc2N1)c1ccc2ccccc2[n+]1CC.[I-]. The van der Waals surface area contributed by atoms with Crippen molar-refractivity contribution in [1.82, 2.24) is 0 Å². The van der Waals surface area contributed by atoms with Crippen molar-refractivity contribution in [3.05, 3.63) is 96.3 Å². The van der Waals surface area contributed by atoms with Crippen LogP contribution in [0.5, 0.6) is 0 Å². The minimum absolute atomic E-state index is 0. The minimum Gasteiger partial charge on any atom is -1.00 e. The number of fused-ring (bicyclic) bond motifs is 2. The van der Waals surface area contributed by atoms with Gasteiger partial charge < -0.3 is 29.3 Å². The zero-order valence-corrected chi connectivity index (χ0v) is 17.6. The van der Waals surface area contributed by atoms with Gasteiger partial charge in [0.05, 0.1) is 5.57 Å². The third-order valence-corrected chi connectivity index (χ3v) is 4.90. The molecule has 0 atom stereocenters. The highest BCUT2D eigenvalue weighted by molar-refractivity contribution is 5.83. The van der Waals surface area contributed by atoms with Crippen molar-refractivity contribution in [2.75, 3.05) is 5.32 Å².